The number of carbonyl (C=O) groups is 1. The zero-order valence-electron chi connectivity index (χ0n) is 10.6. The number of hydrogen-bond acceptors (Lipinski definition) is 4. The van der Waals surface area contributed by atoms with Gasteiger partial charge in [-0.25, -0.2) is 0 Å². The number of aliphatic hydroxyl groups excluding tert-OH is 1. The molecule has 0 aliphatic rings. The van der Waals surface area contributed by atoms with E-state index in [2.05, 4.69) is 5.32 Å². The molecule has 0 fully saturated rings. The molecular formula is C13H19NO4. The normalized spacial score (nSPS) is 11.9. The van der Waals surface area contributed by atoms with Gasteiger partial charge in [-0.05, 0) is 25.0 Å². The molecule has 5 heteroatoms. The molecule has 3 N–H and O–H groups in total. The molecule has 0 saturated carbocycles. The van der Waals surface area contributed by atoms with E-state index in [0.717, 1.165) is 0 Å². The molecule has 100 valence electrons. The summed E-state index contributed by atoms with van der Waals surface area (Å²) in [5, 5.41) is 21.6. The van der Waals surface area contributed by atoms with Crippen molar-refractivity contribution in [3.8, 4) is 11.5 Å². The van der Waals surface area contributed by atoms with Gasteiger partial charge in [-0.1, -0.05) is 6.92 Å². The number of benzene rings is 1. The first-order valence-corrected chi connectivity index (χ1v) is 5.91. The van der Waals surface area contributed by atoms with E-state index in [9.17, 15) is 15.0 Å². The van der Waals surface area contributed by atoms with Gasteiger partial charge in [0.2, 0.25) is 0 Å². The van der Waals surface area contributed by atoms with Crippen LogP contribution in [0.25, 0.3) is 0 Å². The highest BCUT2D eigenvalue weighted by Crippen LogP contribution is 2.23. The van der Waals surface area contributed by atoms with Crippen LogP contribution in [0.3, 0.4) is 0 Å². The average molecular weight is 253 g/mol. The Morgan fingerprint density at radius 1 is 1.50 bits per heavy atom. The number of hydrogen-bond donors (Lipinski definition) is 3. The number of aromatic hydroxyl groups is 1. The maximum atomic E-state index is 11.7. The summed E-state index contributed by atoms with van der Waals surface area (Å²) in [6, 6.07) is 4.49. The highest BCUT2D eigenvalue weighted by Gasteiger charge is 2.11. The Bertz CT molecular complexity index is 406. The Morgan fingerprint density at radius 2 is 2.22 bits per heavy atom. The summed E-state index contributed by atoms with van der Waals surface area (Å²) in [6.07, 6.45) is 0.748. The number of aliphatic hydroxyl groups is 1. The van der Waals surface area contributed by atoms with Crippen LogP contribution in [-0.4, -0.2) is 35.9 Å². The van der Waals surface area contributed by atoms with Gasteiger partial charge in [0.25, 0.3) is 5.91 Å². The van der Waals surface area contributed by atoms with Crippen LogP contribution < -0.4 is 10.1 Å². The van der Waals surface area contributed by atoms with Gasteiger partial charge in [-0.2, -0.15) is 0 Å². The lowest BCUT2D eigenvalue weighted by molar-refractivity contribution is 0.0939. The third-order valence-electron chi connectivity index (χ3n) is 2.68. The third-order valence-corrected chi connectivity index (χ3v) is 2.68. The van der Waals surface area contributed by atoms with Crippen LogP contribution in [0.15, 0.2) is 18.2 Å². The Labute approximate surface area is 106 Å². The van der Waals surface area contributed by atoms with E-state index in [1.165, 1.54) is 19.2 Å². The molecule has 5 nitrogen and oxygen atoms in total. The number of carbonyl (C=O) groups excluding carboxylic acids is 1. The molecule has 1 rings (SSSR count). The maximum absolute atomic E-state index is 11.7. The lowest BCUT2D eigenvalue weighted by atomic mass is 10.1. The molecule has 0 saturated heterocycles. The molecule has 1 unspecified atom stereocenters. The second kappa shape index (κ2) is 6.86. The van der Waals surface area contributed by atoms with Crippen molar-refractivity contribution in [2.24, 2.45) is 0 Å². The maximum Gasteiger partial charge on any atom is 0.255 e. The smallest absolute Gasteiger partial charge is 0.255 e. The fourth-order valence-corrected chi connectivity index (χ4v) is 1.48. The van der Waals surface area contributed by atoms with E-state index in [1.807, 2.05) is 6.92 Å². The van der Waals surface area contributed by atoms with E-state index in [4.69, 9.17) is 4.74 Å². The zero-order valence-corrected chi connectivity index (χ0v) is 10.6. The summed E-state index contributed by atoms with van der Waals surface area (Å²) in [4.78, 5) is 11.7. The van der Waals surface area contributed by atoms with Gasteiger partial charge >= 0.3 is 0 Å². The van der Waals surface area contributed by atoms with E-state index in [-0.39, 0.29) is 17.2 Å². The molecule has 0 bridgehead atoms. The molecule has 1 aromatic rings. The predicted molar refractivity (Wildman–Crippen MR) is 67.9 cm³/mol. The molecular weight excluding hydrogens is 234 g/mol. The van der Waals surface area contributed by atoms with Crippen LogP contribution in [0.2, 0.25) is 0 Å². The van der Waals surface area contributed by atoms with Crippen molar-refractivity contribution in [3.63, 3.8) is 0 Å². The van der Waals surface area contributed by atoms with E-state index >= 15 is 0 Å². The van der Waals surface area contributed by atoms with Crippen LogP contribution in [0, 0.1) is 0 Å². The molecule has 0 heterocycles. The number of methoxy groups -OCH3 is 1. The standard InChI is InChI=1S/C13H19NO4/c1-3-9(15)6-7-14-13(17)11-5-4-10(18-2)8-12(11)16/h4-5,8-9,15-16H,3,6-7H2,1-2H3,(H,14,17). The number of ether oxygens (including phenoxy) is 1. The summed E-state index contributed by atoms with van der Waals surface area (Å²) >= 11 is 0. The van der Waals surface area contributed by atoms with Crippen molar-refractivity contribution in [2.45, 2.75) is 25.9 Å². The first kappa shape index (κ1) is 14.3. The van der Waals surface area contributed by atoms with Crippen molar-refractivity contribution in [1.29, 1.82) is 0 Å². The average Bonchev–Trinajstić information content (AvgIpc) is 2.37. The summed E-state index contributed by atoms with van der Waals surface area (Å²) in [6.45, 7) is 2.25. The zero-order chi connectivity index (χ0) is 13.5. The third kappa shape index (κ3) is 3.92. The van der Waals surface area contributed by atoms with Gasteiger partial charge < -0.3 is 20.3 Å². The molecule has 1 amide bonds. The fourth-order valence-electron chi connectivity index (χ4n) is 1.48. The van der Waals surface area contributed by atoms with E-state index < -0.39 is 6.10 Å². The van der Waals surface area contributed by atoms with Crippen LogP contribution in [-0.2, 0) is 0 Å². The monoisotopic (exact) mass is 253 g/mol. The van der Waals surface area contributed by atoms with Gasteiger partial charge in [-0.15, -0.1) is 0 Å². The highest BCUT2D eigenvalue weighted by atomic mass is 16.5. The SMILES string of the molecule is CCC(O)CCNC(=O)c1ccc(OC)cc1O. The van der Waals surface area contributed by atoms with Gasteiger partial charge in [0.1, 0.15) is 11.5 Å². The Kier molecular flexibility index (Phi) is 5.45. The fraction of sp³-hybridized carbons (Fsp3) is 0.462. The van der Waals surface area contributed by atoms with Gasteiger partial charge in [-0.3, -0.25) is 4.79 Å². The second-order valence-electron chi connectivity index (χ2n) is 3.99. The molecule has 0 aliphatic heterocycles. The van der Waals surface area contributed by atoms with Crippen molar-refractivity contribution in [2.75, 3.05) is 13.7 Å². The number of amides is 1. The molecule has 1 aromatic carbocycles. The van der Waals surface area contributed by atoms with Gasteiger partial charge in [0.15, 0.2) is 0 Å². The Balaban J connectivity index is 2.56. The Hall–Kier alpha value is -1.75. The van der Waals surface area contributed by atoms with E-state index in [1.54, 1.807) is 6.07 Å². The molecule has 18 heavy (non-hydrogen) atoms. The molecule has 1 atom stereocenters. The largest absolute Gasteiger partial charge is 0.507 e. The summed E-state index contributed by atoms with van der Waals surface area (Å²) in [5.74, 6) is 0.00630. The first-order chi connectivity index (χ1) is 8.58. The number of nitrogens with one attached hydrogen (secondary N) is 1. The summed E-state index contributed by atoms with van der Waals surface area (Å²) in [5.41, 5.74) is 0.196. The molecule has 0 aromatic heterocycles. The predicted octanol–water partition coefficient (Wildman–Crippen LogP) is 1.29. The summed E-state index contributed by atoms with van der Waals surface area (Å²) in [7, 11) is 1.49. The minimum Gasteiger partial charge on any atom is -0.507 e. The number of phenols is 1. The highest BCUT2D eigenvalue weighted by molar-refractivity contribution is 5.96. The van der Waals surface area contributed by atoms with Crippen LogP contribution in [0.4, 0.5) is 0 Å². The van der Waals surface area contributed by atoms with Gasteiger partial charge in [0.05, 0.1) is 18.8 Å². The van der Waals surface area contributed by atoms with Crippen molar-refractivity contribution < 1.29 is 19.7 Å². The molecule has 0 radical (unpaired) electrons. The quantitative estimate of drug-likeness (QED) is 0.714. The molecule has 0 aliphatic carbocycles. The molecule has 0 spiro atoms. The first-order valence-electron chi connectivity index (χ1n) is 5.91. The topological polar surface area (TPSA) is 78.8 Å². The lowest BCUT2D eigenvalue weighted by Gasteiger charge is -2.10. The van der Waals surface area contributed by atoms with Crippen LogP contribution >= 0.6 is 0 Å². The minimum atomic E-state index is -0.408. The van der Waals surface area contributed by atoms with Crippen LogP contribution in [0.5, 0.6) is 11.5 Å². The second-order valence-corrected chi connectivity index (χ2v) is 3.99. The van der Waals surface area contributed by atoms with Crippen molar-refractivity contribution in [3.05, 3.63) is 23.8 Å². The van der Waals surface area contributed by atoms with Gasteiger partial charge in [0, 0.05) is 12.6 Å². The van der Waals surface area contributed by atoms with E-state index in [0.29, 0.717) is 25.1 Å². The summed E-state index contributed by atoms with van der Waals surface area (Å²) < 4.78 is 4.93. The number of rotatable bonds is 6. The Morgan fingerprint density at radius 3 is 2.78 bits per heavy atom. The number of phenolic OH excluding ortho intramolecular Hbond substituents is 1. The van der Waals surface area contributed by atoms with Crippen molar-refractivity contribution in [1.82, 2.24) is 5.32 Å². The minimum absolute atomic E-state index is 0.122. The lowest BCUT2D eigenvalue weighted by Crippen LogP contribution is -2.27. The van der Waals surface area contributed by atoms with Crippen LogP contribution in [0.1, 0.15) is 30.1 Å². The van der Waals surface area contributed by atoms with Crippen molar-refractivity contribution >= 4 is 5.91 Å².